The van der Waals surface area contributed by atoms with Crippen molar-refractivity contribution in [3.63, 3.8) is 0 Å². The van der Waals surface area contributed by atoms with E-state index in [2.05, 4.69) is 15.6 Å². The van der Waals surface area contributed by atoms with Crippen LogP contribution in [0, 0.1) is 0 Å². The van der Waals surface area contributed by atoms with Crippen LogP contribution < -0.4 is 10.1 Å². The summed E-state index contributed by atoms with van der Waals surface area (Å²) in [6, 6.07) is 8.46. The SMILES string of the molecule is CC(C)n1cc(C[C@@H]2NC(=O)N(CCOc3ccccc3)C2=O)nn1. The molecule has 1 aromatic heterocycles. The standard InChI is InChI=1S/C17H21N5O3/c1-12(2)22-11-13(19-20-22)10-15-16(23)21(17(24)18-15)8-9-25-14-6-4-3-5-7-14/h3-7,11-12,15H,8-10H2,1-2H3,(H,18,24)/t15-/m0/s1. The maximum Gasteiger partial charge on any atom is 0.324 e. The van der Waals surface area contributed by atoms with E-state index in [1.807, 2.05) is 44.2 Å². The van der Waals surface area contributed by atoms with Crippen LogP contribution in [0.1, 0.15) is 25.6 Å². The molecule has 0 bridgehead atoms. The van der Waals surface area contributed by atoms with Crippen molar-refractivity contribution in [1.82, 2.24) is 25.2 Å². The highest BCUT2D eigenvalue weighted by Gasteiger charge is 2.38. The van der Waals surface area contributed by atoms with Crippen LogP contribution >= 0.6 is 0 Å². The largest absolute Gasteiger partial charge is 0.492 e. The number of ether oxygens (including phenoxy) is 1. The molecule has 3 amide bonds. The fraction of sp³-hybridized carbons (Fsp3) is 0.412. The monoisotopic (exact) mass is 343 g/mol. The van der Waals surface area contributed by atoms with E-state index >= 15 is 0 Å². The van der Waals surface area contributed by atoms with Gasteiger partial charge in [0.25, 0.3) is 5.91 Å². The second-order valence-corrected chi connectivity index (χ2v) is 6.14. The van der Waals surface area contributed by atoms with E-state index in [1.54, 1.807) is 10.9 Å². The molecular formula is C17H21N5O3. The number of benzene rings is 1. The van der Waals surface area contributed by atoms with Gasteiger partial charge in [-0.2, -0.15) is 0 Å². The summed E-state index contributed by atoms with van der Waals surface area (Å²) in [5.41, 5.74) is 0.676. The Kier molecular flexibility index (Phi) is 4.97. The molecule has 25 heavy (non-hydrogen) atoms. The fourth-order valence-corrected chi connectivity index (χ4v) is 2.57. The van der Waals surface area contributed by atoms with Crippen molar-refractivity contribution in [3.8, 4) is 5.75 Å². The molecule has 8 heteroatoms. The number of para-hydroxylation sites is 1. The first kappa shape index (κ1) is 16.9. The molecular weight excluding hydrogens is 322 g/mol. The average molecular weight is 343 g/mol. The number of nitrogens with zero attached hydrogens (tertiary/aromatic N) is 4. The Hall–Kier alpha value is -2.90. The van der Waals surface area contributed by atoms with Crippen LogP contribution in [0.2, 0.25) is 0 Å². The van der Waals surface area contributed by atoms with Crippen molar-refractivity contribution in [1.29, 1.82) is 0 Å². The number of urea groups is 1. The summed E-state index contributed by atoms with van der Waals surface area (Å²) < 4.78 is 7.27. The first-order valence-corrected chi connectivity index (χ1v) is 8.25. The summed E-state index contributed by atoms with van der Waals surface area (Å²) in [7, 11) is 0. The second kappa shape index (κ2) is 7.33. The van der Waals surface area contributed by atoms with Gasteiger partial charge in [-0.1, -0.05) is 23.4 Å². The van der Waals surface area contributed by atoms with Gasteiger partial charge < -0.3 is 10.1 Å². The quantitative estimate of drug-likeness (QED) is 0.768. The zero-order valence-electron chi connectivity index (χ0n) is 14.3. The van der Waals surface area contributed by atoms with Crippen molar-refractivity contribution in [2.24, 2.45) is 0 Å². The molecule has 1 aliphatic heterocycles. The Morgan fingerprint density at radius 1 is 1.24 bits per heavy atom. The first-order chi connectivity index (χ1) is 12.0. The van der Waals surface area contributed by atoms with E-state index in [9.17, 15) is 9.59 Å². The van der Waals surface area contributed by atoms with E-state index in [-0.39, 0.29) is 25.1 Å². The Balaban J connectivity index is 1.54. The number of imide groups is 1. The molecule has 0 spiro atoms. The highest BCUT2D eigenvalue weighted by Crippen LogP contribution is 2.13. The molecule has 1 saturated heterocycles. The predicted octanol–water partition coefficient (Wildman–Crippen LogP) is 1.40. The summed E-state index contributed by atoms with van der Waals surface area (Å²) in [5.74, 6) is 0.442. The summed E-state index contributed by atoms with van der Waals surface area (Å²) >= 11 is 0. The number of hydrogen-bond donors (Lipinski definition) is 1. The maximum atomic E-state index is 12.4. The number of carbonyl (C=O) groups is 2. The molecule has 2 aromatic rings. The topological polar surface area (TPSA) is 89.4 Å². The van der Waals surface area contributed by atoms with Gasteiger partial charge in [-0.3, -0.25) is 9.69 Å². The molecule has 3 rings (SSSR count). The summed E-state index contributed by atoms with van der Waals surface area (Å²) in [6.45, 7) is 4.44. The van der Waals surface area contributed by atoms with Crippen molar-refractivity contribution >= 4 is 11.9 Å². The lowest BCUT2D eigenvalue weighted by molar-refractivity contribution is -0.127. The van der Waals surface area contributed by atoms with Gasteiger partial charge in [-0.05, 0) is 26.0 Å². The summed E-state index contributed by atoms with van der Waals surface area (Å²) in [5, 5.41) is 10.8. The Morgan fingerprint density at radius 2 is 2.00 bits per heavy atom. The molecule has 1 N–H and O–H groups in total. The molecule has 2 heterocycles. The number of rotatable bonds is 7. The molecule has 8 nitrogen and oxygen atoms in total. The van der Waals surface area contributed by atoms with Gasteiger partial charge >= 0.3 is 6.03 Å². The third-order valence-electron chi connectivity index (χ3n) is 3.93. The number of amides is 3. The minimum Gasteiger partial charge on any atom is -0.492 e. The Labute approximate surface area is 145 Å². The lowest BCUT2D eigenvalue weighted by Gasteiger charge is -2.13. The zero-order chi connectivity index (χ0) is 17.8. The molecule has 0 unspecified atom stereocenters. The molecule has 1 aromatic carbocycles. The van der Waals surface area contributed by atoms with Gasteiger partial charge in [0, 0.05) is 18.7 Å². The number of carbonyl (C=O) groups excluding carboxylic acids is 2. The molecule has 1 atom stereocenters. The average Bonchev–Trinajstić information content (AvgIpc) is 3.16. The predicted molar refractivity (Wildman–Crippen MR) is 90.1 cm³/mol. The van der Waals surface area contributed by atoms with Crippen molar-refractivity contribution in [2.75, 3.05) is 13.2 Å². The zero-order valence-corrected chi connectivity index (χ0v) is 14.3. The summed E-state index contributed by atoms with van der Waals surface area (Å²) in [4.78, 5) is 25.7. The van der Waals surface area contributed by atoms with Crippen LogP contribution in [0.4, 0.5) is 4.79 Å². The van der Waals surface area contributed by atoms with Gasteiger partial charge in [0.2, 0.25) is 0 Å². The molecule has 132 valence electrons. The van der Waals surface area contributed by atoms with Crippen LogP contribution in [0.3, 0.4) is 0 Å². The molecule has 0 saturated carbocycles. The van der Waals surface area contributed by atoms with Crippen molar-refractivity contribution in [3.05, 3.63) is 42.2 Å². The van der Waals surface area contributed by atoms with Gasteiger partial charge in [-0.25, -0.2) is 9.48 Å². The lowest BCUT2D eigenvalue weighted by Crippen LogP contribution is -2.35. The van der Waals surface area contributed by atoms with Crippen LogP contribution in [-0.4, -0.2) is 51.0 Å². The number of nitrogens with one attached hydrogen (secondary N) is 1. The van der Waals surface area contributed by atoms with Crippen LogP contribution in [0.15, 0.2) is 36.5 Å². The Morgan fingerprint density at radius 3 is 2.68 bits per heavy atom. The normalized spacial score (nSPS) is 17.2. The van der Waals surface area contributed by atoms with Crippen LogP contribution in [-0.2, 0) is 11.2 Å². The van der Waals surface area contributed by atoms with E-state index in [0.717, 1.165) is 0 Å². The summed E-state index contributed by atoms with van der Waals surface area (Å²) in [6.07, 6.45) is 2.12. The third-order valence-corrected chi connectivity index (χ3v) is 3.93. The van der Waals surface area contributed by atoms with Gasteiger partial charge in [-0.15, -0.1) is 5.10 Å². The fourth-order valence-electron chi connectivity index (χ4n) is 2.57. The number of aromatic nitrogens is 3. The first-order valence-electron chi connectivity index (χ1n) is 8.25. The third kappa shape index (κ3) is 3.96. The van der Waals surface area contributed by atoms with Gasteiger partial charge in [0.15, 0.2) is 0 Å². The van der Waals surface area contributed by atoms with E-state index < -0.39 is 12.1 Å². The van der Waals surface area contributed by atoms with Crippen molar-refractivity contribution < 1.29 is 14.3 Å². The van der Waals surface area contributed by atoms with Gasteiger partial charge in [0.1, 0.15) is 18.4 Å². The minimum atomic E-state index is -0.610. The van der Waals surface area contributed by atoms with E-state index in [1.165, 1.54) is 4.90 Å². The highest BCUT2D eigenvalue weighted by molar-refractivity contribution is 6.04. The minimum absolute atomic E-state index is 0.196. The lowest BCUT2D eigenvalue weighted by atomic mass is 10.1. The highest BCUT2D eigenvalue weighted by atomic mass is 16.5. The van der Waals surface area contributed by atoms with Crippen LogP contribution in [0.25, 0.3) is 0 Å². The number of hydrogen-bond acceptors (Lipinski definition) is 5. The Bertz CT molecular complexity index is 744. The van der Waals surface area contributed by atoms with E-state index in [4.69, 9.17) is 4.74 Å². The molecule has 1 fully saturated rings. The molecule has 0 aliphatic carbocycles. The van der Waals surface area contributed by atoms with Crippen molar-refractivity contribution in [2.45, 2.75) is 32.4 Å². The maximum absolute atomic E-state index is 12.4. The second-order valence-electron chi connectivity index (χ2n) is 6.14. The molecule has 1 aliphatic rings. The molecule has 0 radical (unpaired) electrons. The van der Waals surface area contributed by atoms with Gasteiger partial charge in [0.05, 0.1) is 12.2 Å². The smallest absolute Gasteiger partial charge is 0.324 e. The van der Waals surface area contributed by atoms with Crippen LogP contribution in [0.5, 0.6) is 5.75 Å². The van der Waals surface area contributed by atoms with E-state index in [0.29, 0.717) is 17.9 Å².